The summed E-state index contributed by atoms with van der Waals surface area (Å²) in [4.78, 5) is 6.37. The molecule has 0 bridgehead atoms. The molecule has 0 aliphatic carbocycles. The Bertz CT molecular complexity index is 518. The lowest BCUT2D eigenvalue weighted by atomic mass is 10.3. The number of aryl methyl sites for hydroxylation is 1. The van der Waals surface area contributed by atoms with E-state index in [0.717, 1.165) is 31.0 Å². The third-order valence-electron chi connectivity index (χ3n) is 2.83. The molecule has 5 nitrogen and oxygen atoms in total. The largest absolute Gasteiger partial charge is 0.378 e. The Morgan fingerprint density at radius 1 is 1.37 bits per heavy atom. The average molecular weight is 259 g/mol. The van der Waals surface area contributed by atoms with Gasteiger partial charge >= 0.3 is 0 Å². The number of aromatic nitrogens is 3. The van der Waals surface area contributed by atoms with Crippen LogP contribution in [0.4, 0.5) is 11.5 Å². The van der Waals surface area contributed by atoms with Crippen LogP contribution in [0.2, 0.25) is 0 Å². The molecular formula is C14H21N5. The van der Waals surface area contributed by atoms with Crippen molar-refractivity contribution >= 4 is 11.5 Å². The summed E-state index contributed by atoms with van der Waals surface area (Å²) < 4.78 is 1.98. The smallest absolute Gasteiger partial charge is 0.151 e. The second-order valence-electron chi connectivity index (χ2n) is 4.73. The van der Waals surface area contributed by atoms with E-state index in [9.17, 15) is 0 Å². The molecule has 0 unspecified atom stereocenters. The normalized spacial score (nSPS) is 10.5. The molecule has 0 amide bonds. The van der Waals surface area contributed by atoms with Crippen molar-refractivity contribution in [2.75, 3.05) is 24.3 Å². The summed E-state index contributed by atoms with van der Waals surface area (Å²) in [6.07, 6.45) is 6.90. The van der Waals surface area contributed by atoms with Crippen LogP contribution in [0.25, 0.3) is 0 Å². The number of hydrogen-bond acceptors (Lipinski definition) is 4. The van der Waals surface area contributed by atoms with Gasteiger partial charge in [-0.2, -0.15) is 5.10 Å². The van der Waals surface area contributed by atoms with E-state index >= 15 is 0 Å². The molecular weight excluding hydrogens is 238 g/mol. The summed E-state index contributed by atoms with van der Waals surface area (Å²) in [5, 5.41) is 7.74. The predicted molar refractivity (Wildman–Crippen MR) is 78.4 cm³/mol. The molecule has 0 radical (unpaired) electrons. The number of nitrogens with zero attached hydrogens (tertiary/aromatic N) is 4. The predicted octanol–water partition coefficient (Wildman–Crippen LogP) is 2.37. The lowest BCUT2D eigenvalue weighted by Crippen LogP contribution is -2.13. The van der Waals surface area contributed by atoms with Crippen molar-refractivity contribution in [1.82, 2.24) is 14.8 Å². The van der Waals surface area contributed by atoms with Crippen LogP contribution < -0.4 is 10.2 Å². The Morgan fingerprint density at radius 3 is 2.95 bits per heavy atom. The molecule has 2 aromatic heterocycles. The third-order valence-corrected chi connectivity index (χ3v) is 2.83. The Kier molecular flexibility index (Phi) is 4.39. The topological polar surface area (TPSA) is 46.0 Å². The lowest BCUT2D eigenvalue weighted by molar-refractivity contribution is 0.602. The highest BCUT2D eigenvalue weighted by Gasteiger charge is 2.05. The average Bonchev–Trinajstić information content (AvgIpc) is 2.85. The molecule has 102 valence electrons. The van der Waals surface area contributed by atoms with Crippen LogP contribution in [0.3, 0.4) is 0 Å². The summed E-state index contributed by atoms with van der Waals surface area (Å²) in [7, 11) is 3.99. The van der Waals surface area contributed by atoms with Crippen LogP contribution in [0.1, 0.15) is 18.9 Å². The molecule has 5 heteroatoms. The fourth-order valence-electron chi connectivity index (χ4n) is 1.94. The monoisotopic (exact) mass is 259 g/mol. The van der Waals surface area contributed by atoms with Crippen molar-refractivity contribution < 1.29 is 0 Å². The second kappa shape index (κ2) is 6.22. The molecule has 0 aromatic carbocycles. The first-order chi connectivity index (χ1) is 9.20. The molecule has 2 heterocycles. The number of hydrogen-bond donors (Lipinski definition) is 1. The van der Waals surface area contributed by atoms with Gasteiger partial charge in [-0.05, 0) is 18.6 Å². The van der Waals surface area contributed by atoms with Gasteiger partial charge in [0.15, 0.2) is 5.82 Å². The standard InChI is InChI=1S/C14H21N5/c1-4-8-19-11-12(10-17-19)9-16-13-6-5-7-15-14(13)18(2)3/h5-7,10-11,16H,4,8-9H2,1-3H3. The van der Waals surface area contributed by atoms with Gasteiger partial charge in [-0.3, -0.25) is 4.68 Å². The molecule has 0 aliphatic heterocycles. The first-order valence-corrected chi connectivity index (χ1v) is 6.58. The Hall–Kier alpha value is -2.04. The van der Waals surface area contributed by atoms with E-state index < -0.39 is 0 Å². The Balaban J connectivity index is 2.01. The summed E-state index contributed by atoms with van der Waals surface area (Å²) in [5.41, 5.74) is 2.22. The highest BCUT2D eigenvalue weighted by Crippen LogP contribution is 2.20. The van der Waals surface area contributed by atoms with Crippen LogP contribution in [0.5, 0.6) is 0 Å². The quantitative estimate of drug-likeness (QED) is 0.865. The van der Waals surface area contributed by atoms with Gasteiger partial charge in [0, 0.05) is 45.1 Å². The van der Waals surface area contributed by atoms with E-state index in [2.05, 4.69) is 28.5 Å². The zero-order chi connectivity index (χ0) is 13.7. The van der Waals surface area contributed by atoms with Crippen LogP contribution in [-0.4, -0.2) is 28.9 Å². The molecule has 0 spiro atoms. The zero-order valence-corrected chi connectivity index (χ0v) is 11.8. The van der Waals surface area contributed by atoms with Crippen LogP contribution >= 0.6 is 0 Å². The van der Waals surface area contributed by atoms with Crippen LogP contribution in [0.15, 0.2) is 30.7 Å². The fraction of sp³-hybridized carbons (Fsp3) is 0.429. The summed E-state index contributed by atoms with van der Waals surface area (Å²) in [6, 6.07) is 3.98. The maximum atomic E-state index is 4.37. The van der Waals surface area contributed by atoms with E-state index in [1.165, 1.54) is 5.56 Å². The summed E-state index contributed by atoms with van der Waals surface area (Å²) in [6.45, 7) is 3.88. The third kappa shape index (κ3) is 3.47. The summed E-state index contributed by atoms with van der Waals surface area (Å²) >= 11 is 0. The molecule has 1 N–H and O–H groups in total. The van der Waals surface area contributed by atoms with Crippen molar-refractivity contribution in [3.63, 3.8) is 0 Å². The van der Waals surface area contributed by atoms with E-state index in [1.807, 2.05) is 42.0 Å². The Morgan fingerprint density at radius 2 is 2.21 bits per heavy atom. The van der Waals surface area contributed by atoms with Gasteiger partial charge in [-0.15, -0.1) is 0 Å². The minimum atomic E-state index is 0.760. The number of rotatable bonds is 6. The van der Waals surface area contributed by atoms with E-state index in [0.29, 0.717) is 0 Å². The maximum absolute atomic E-state index is 4.37. The second-order valence-corrected chi connectivity index (χ2v) is 4.73. The molecule has 0 fully saturated rings. The van der Waals surface area contributed by atoms with Gasteiger partial charge < -0.3 is 10.2 Å². The van der Waals surface area contributed by atoms with Gasteiger partial charge in [-0.1, -0.05) is 6.92 Å². The highest BCUT2D eigenvalue weighted by molar-refractivity contribution is 5.64. The van der Waals surface area contributed by atoms with Crippen molar-refractivity contribution in [1.29, 1.82) is 0 Å². The number of nitrogens with one attached hydrogen (secondary N) is 1. The molecule has 0 atom stereocenters. The van der Waals surface area contributed by atoms with Crippen molar-refractivity contribution in [3.8, 4) is 0 Å². The minimum Gasteiger partial charge on any atom is -0.378 e. The van der Waals surface area contributed by atoms with E-state index in [4.69, 9.17) is 0 Å². The summed E-state index contributed by atoms with van der Waals surface area (Å²) in [5.74, 6) is 0.948. The first kappa shape index (κ1) is 13.4. The van der Waals surface area contributed by atoms with Crippen molar-refractivity contribution in [2.24, 2.45) is 0 Å². The first-order valence-electron chi connectivity index (χ1n) is 6.58. The van der Waals surface area contributed by atoms with Crippen molar-refractivity contribution in [3.05, 3.63) is 36.3 Å². The van der Waals surface area contributed by atoms with Crippen LogP contribution in [-0.2, 0) is 13.1 Å². The molecule has 0 saturated heterocycles. The maximum Gasteiger partial charge on any atom is 0.151 e. The fourth-order valence-corrected chi connectivity index (χ4v) is 1.94. The van der Waals surface area contributed by atoms with Gasteiger partial charge in [0.05, 0.1) is 11.9 Å². The molecule has 0 aliphatic rings. The van der Waals surface area contributed by atoms with Gasteiger partial charge in [0.2, 0.25) is 0 Å². The Labute approximate surface area is 114 Å². The lowest BCUT2D eigenvalue weighted by Gasteiger charge is -2.16. The van der Waals surface area contributed by atoms with Gasteiger partial charge in [0.1, 0.15) is 0 Å². The van der Waals surface area contributed by atoms with E-state index in [1.54, 1.807) is 6.20 Å². The molecule has 2 rings (SSSR count). The number of anilines is 2. The minimum absolute atomic E-state index is 0.760. The van der Waals surface area contributed by atoms with Crippen molar-refractivity contribution in [2.45, 2.75) is 26.4 Å². The van der Waals surface area contributed by atoms with Gasteiger partial charge in [0.25, 0.3) is 0 Å². The molecule has 19 heavy (non-hydrogen) atoms. The molecule has 0 saturated carbocycles. The highest BCUT2D eigenvalue weighted by atomic mass is 15.3. The zero-order valence-electron chi connectivity index (χ0n) is 11.8. The number of pyridine rings is 1. The molecule has 2 aromatic rings. The SMILES string of the molecule is CCCn1cc(CNc2cccnc2N(C)C)cn1. The van der Waals surface area contributed by atoms with E-state index in [-0.39, 0.29) is 0 Å². The van der Waals surface area contributed by atoms with Gasteiger partial charge in [-0.25, -0.2) is 4.98 Å². The van der Waals surface area contributed by atoms with Crippen LogP contribution in [0, 0.1) is 0 Å².